The molecule has 0 fully saturated rings. The lowest BCUT2D eigenvalue weighted by atomic mass is 10.0. The molecule has 0 radical (unpaired) electrons. The first-order valence-corrected chi connectivity index (χ1v) is 8.00. The summed E-state index contributed by atoms with van der Waals surface area (Å²) in [4.78, 5) is 27.8. The number of benzene rings is 1. The maximum atomic E-state index is 13.0. The number of halogens is 3. The van der Waals surface area contributed by atoms with Crippen molar-refractivity contribution in [3.05, 3.63) is 46.7 Å². The molecule has 0 aromatic heterocycles. The number of methoxy groups -OCH3 is 1. The fourth-order valence-corrected chi connectivity index (χ4v) is 2.44. The van der Waals surface area contributed by atoms with E-state index in [9.17, 15) is 22.8 Å². The molecule has 0 unspecified atom stereocenters. The summed E-state index contributed by atoms with van der Waals surface area (Å²) in [5, 5.41) is 5.10. The predicted octanol–water partition coefficient (Wildman–Crippen LogP) is 1.43. The molecule has 1 aromatic carbocycles. The average molecular weight is 384 g/mol. The number of allylic oxidation sites excluding steroid dienone is 1. The minimum Gasteiger partial charge on any atom is -0.465 e. The number of amides is 1. The largest absolute Gasteiger partial charge is 0.465 e. The zero-order chi connectivity index (χ0) is 20.2. The number of nitrogens with two attached hydrogens (primary N) is 1. The number of carbonyl (C=O) groups is 2. The SMILES string of the molecule is COC(=O)c1ccc([C@H](C)NC(=O)C(C2=NCCN2)=C(N)C(F)(F)F)cc1. The minimum absolute atomic E-state index is 0.185. The molecule has 4 N–H and O–H groups in total. The summed E-state index contributed by atoms with van der Waals surface area (Å²) < 4.78 is 43.7. The third-order valence-electron chi connectivity index (χ3n) is 3.89. The number of amidine groups is 1. The van der Waals surface area contributed by atoms with Crippen molar-refractivity contribution in [2.24, 2.45) is 10.7 Å². The second-order valence-corrected chi connectivity index (χ2v) is 5.75. The summed E-state index contributed by atoms with van der Waals surface area (Å²) in [5.74, 6) is -1.70. The van der Waals surface area contributed by atoms with Crippen molar-refractivity contribution in [3.63, 3.8) is 0 Å². The molecule has 1 aliphatic rings. The van der Waals surface area contributed by atoms with Gasteiger partial charge in [0.25, 0.3) is 5.91 Å². The third kappa shape index (κ3) is 4.78. The molecule has 2 rings (SSSR count). The number of carbonyl (C=O) groups excluding carboxylic acids is 2. The third-order valence-corrected chi connectivity index (χ3v) is 3.89. The van der Waals surface area contributed by atoms with Gasteiger partial charge in [0, 0.05) is 6.54 Å². The zero-order valence-corrected chi connectivity index (χ0v) is 14.7. The van der Waals surface area contributed by atoms with Gasteiger partial charge in [-0.1, -0.05) is 12.1 Å². The number of nitrogens with zero attached hydrogens (tertiary/aromatic N) is 1. The Morgan fingerprint density at radius 3 is 2.41 bits per heavy atom. The molecular formula is C17H19F3N4O3. The van der Waals surface area contributed by atoms with Crippen LogP contribution in [0.5, 0.6) is 0 Å². The maximum absolute atomic E-state index is 13.0. The van der Waals surface area contributed by atoms with Gasteiger partial charge in [0.15, 0.2) is 0 Å². The molecule has 0 bridgehead atoms. The van der Waals surface area contributed by atoms with Gasteiger partial charge in [-0.05, 0) is 24.6 Å². The minimum atomic E-state index is -4.87. The lowest BCUT2D eigenvalue weighted by molar-refractivity contribution is -0.119. The molecule has 27 heavy (non-hydrogen) atoms. The highest BCUT2D eigenvalue weighted by Crippen LogP contribution is 2.25. The van der Waals surface area contributed by atoms with E-state index in [4.69, 9.17) is 5.73 Å². The van der Waals surface area contributed by atoms with E-state index in [1.165, 1.54) is 19.2 Å². The van der Waals surface area contributed by atoms with Gasteiger partial charge in [-0.3, -0.25) is 9.79 Å². The van der Waals surface area contributed by atoms with E-state index in [-0.39, 0.29) is 12.4 Å². The summed E-state index contributed by atoms with van der Waals surface area (Å²) in [7, 11) is 1.25. The number of rotatable bonds is 5. The standard InChI is InChI=1S/C17H19F3N4O3/c1-9(10-3-5-11(6-4-10)16(26)27-2)24-15(25)12(13(21)17(18,19)20)14-22-7-8-23-14/h3-6,9H,7-8,21H2,1-2H3,(H,22,23)(H,24,25)/t9-/m0/s1. The highest BCUT2D eigenvalue weighted by molar-refractivity contribution is 6.21. The van der Waals surface area contributed by atoms with Gasteiger partial charge >= 0.3 is 12.1 Å². The Morgan fingerprint density at radius 1 is 1.30 bits per heavy atom. The summed E-state index contributed by atoms with van der Waals surface area (Å²) in [6, 6.07) is 5.49. The number of nitrogens with one attached hydrogen (secondary N) is 2. The van der Waals surface area contributed by atoms with Crippen molar-refractivity contribution in [1.29, 1.82) is 0 Å². The van der Waals surface area contributed by atoms with Crippen LogP contribution in [0.1, 0.15) is 28.9 Å². The summed E-state index contributed by atoms with van der Waals surface area (Å²) >= 11 is 0. The molecule has 146 valence electrons. The molecule has 0 aliphatic carbocycles. The second-order valence-electron chi connectivity index (χ2n) is 5.75. The van der Waals surface area contributed by atoms with Crippen LogP contribution in [0.4, 0.5) is 13.2 Å². The molecule has 1 aliphatic heterocycles. The van der Waals surface area contributed by atoms with Crippen molar-refractivity contribution < 1.29 is 27.5 Å². The van der Waals surface area contributed by atoms with Gasteiger partial charge < -0.3 is 21.1 Å². The first-order valence-electron chi connectivity index (χ1n) is 8.00. The average Bonchev–Trinajstić information content (AvgIpc) is 3.14. The van der Waals surface area contributed by atoms with Crippen LogP contribution < -0.4 is 16.4 Å². The first-order chi connectivity index (χ1) is 12.6. The van der Waals surface area contributed by atoms with Crippen molar-refractivity contribution in [3.8, 4) is 0 Å². The number of esters is 1. The van der Waals surface area contributed by atoms with Crippen LogP contribution in [0.15, 0.2) is 40.5 Å². The van der Waals surface area contributed by atoms with Gasteiger partial charge in [0.2, 0.25) is 0 Å². The van der Waals surface area contributed by atoms with Crippen molar-refractivity contribution in [2.75, 3.05) is 20.2 Å². The fraction of sp³-hybridized carbons (Fsp3) is 0.353. The Bertz CT molecular complexity index is 786. The van der Waals surface area contributed by atoms with Crippen LogP contribution in [-0.4, -0.2) is 44.1 Å². The quantitative estimate of drug-likeness (QED) is 0.526. The summed E-state index contributed by atoms with van der Waals surface area (Å²) in [6.07, 6.45) is -4.87. The Morgan fingerprint density at radius 2 is 1.93 bits per heavy atom. The molecule has 0 spiro atoms. The van der Waals surface area contributed by atoms with Crippen molar-refractivity contribution in [1.82, 2.24) is 10.6 Å². The van der Waals surface area contributed by atoms with E-state index in [0.717, 1.165) is 0 Å². The van der Waals surface area contributed by atoms with Gasteiger partial charge in [0.05, 0.1) is 25.3 Å². The Hall–Kier alpha value is -3.04. The van der Waals surface area contributed by atoms with Gasteiger partial charge in [0.1, 0.15) is 17.1 Å². The molecular weight excluding hydrogens is 365 g/mol. The fourth-order valence-electron chi connectivity index (χ4n) is 2.44. The van der Waals surface area contributed by atoms with Crippen LogP contribution in [0.25, 0.3) is 0 Å². The maximum Gasteiger partial charge on any atom is 0.431 e. The van der Waals surface area contributed by atoms with E-state index in [2.05, 4.69) is 20.4 Å². The van der Waals surface area contributed by atoms with Crippen LogP contribution in [0.2, 0.25) is 0 Å². The molecule has 0 saturated heterocycles. The van der Waals surface area contributed by atoms with E-state index >= 15 is 0 Å². The second kappa shape index (κ2) is 8.11. The topological polar surface area (TPSA) is 106 Å². The lowest BCUT2D eigenvalue weighted by Crippen LogP contribution is -2.39. The van der Waals surface area contributed by atoms with Crippen LogP contribution in [0, 0.1) is 0 Å². The number of hydrogen-bond acceptors (Lipinski definition) is 6. The summed E-state index contributed by atoms with van der Waals surface area (Å²) in [6.45, 7) is 2.17. The molecule has 0 saturated carbocycles. The number of hydrogen-bond donors (Lipinski definition) is 3. The number of alkyl halides is 3. The zero-order valence-electron chi connectivity index (χ0n) is 14.7. The predicted molar refractivity (Wildman–Crippen MR) is 91.9 cm³/mol. The number of ether oxygens (including phenoxy) is 1. The van der Waals surface area contributed by atoms with Gasteiger partial charge in [-0.2, -0.15) is 13.2 Å². The van der Waals surface area contributed by atoms with Crippen molar-refractivity contribution >= 4 is 17.7 Å². The molecule has 10 heteroatoms. The molecule has 1 atom stereocenters. The normalized spacial score (nSPS) is 16.0. The van der Waals surface area contributed by atoms with Gasteiger partial charge in [-0.25, -0.2) is 4.79 Å². The van der Waals surface area contributed by atoms with Crippen LogP contribution in [0.3, 0.4) is 0 Å². The van der Waals surface area contributed by atoms with E-state index in [1.54, 1.807) is 19.1 Å². The first kappa shape index (κ1) is 20.3. The Labute approximate surface area is 153 Å². The van der Waals surface area contributed by atoms with Crippen LogP contribution >= 0.6 is 0 Å². The van der Waals surface area contributed by atoms with Crippen LogP contribution in [-0.2, 0) is 9.53 Å². The molecule has 7 nitrogen and oxygen atoms in total. The highest BCUT2D eigenvalue weighted by Gasteiger charge is 2.38. The van der Waals surface area contributed by atoms with Gasteiger partial charge in [-0.15, -0.1) is 0 Å². The van der Waals surface area contributed by atoms with E-state index in [1.807, 2.05) is 0 Å². The summed E-state index contributed by atoms with van der Waals surface area (Å²) in [5.41, 5.74) is 3.83. The molecule has 1 heterocycles. The monoisotopic (exact) mass is 384 g/mol. The van der Waals surface area contributed by atoms with E-state index < -0.39 is 35.4 Å². The molecule has 1 aromatic rings. The van der Waals surface area contributed by atoms with Crippen molar-refractivity contribution in [2.45, 2.75) is 19.1 Å². The lowest BCUT2D eigenvalue weighted by Gasteiger charge is -2.19. The highest BCUT2D eigenvalue weighted by atomic mass is 19.4. The Balaban J connectivity index is 2.23. The van der Waals surface area contributed by atoms with E-state index in [0.29, 0.717) is 17.7 Å². The Kier molecular flexibility index (Phi) is 6.09. The smallest absolute Gasteiger partial charge is 0.431 e. The molecule has 1 amide bonds. The number of aliphatic imine (C=N–C) groups is 1.